The number of halogens is 2. The van der Waals surface area contributed by atoms with Crippen LogP contribution in [-0.2, 0) is 6.54 Å². The number of amides is 1. The second kappa shape index (κ2) is 6.69. The van der Waals surface area contributed by atoms with E-state index in [0.29, 0.717) is 16.0 Å². The van der Waals surface area contributed by atoms with Crippen LogP contribution in [-0.4, -0.2) is 10.8 Å². The number of hydrogen-bond donors (Lipinski definition) is 1. The summed E-state index contributed by atoms with van der Waals surface area (Å²) in [5.74, 6) is -0.374. The van der Waals surface area contributed by atoms with E-state index in [1.807, 2.05) is 0 Å². The van der Waals surface area contributed by atoms with Crippen LogP contribution in [0.3, 0.4) is 0 Å². The number of carbonyl (C=O) groups is 1. The van der Waals surface area contributed by atoms with Gasteiger partial charge in [-0.1, -0.05) is 23.7 Å². The number of nitro benzene ring substituents is 1. The van der Waals surface area contributed by atoms with Crippen molar-refractivity contribution in [3.63, 3.8) is 0 Å². The summed E-state index contributed by atoms with van der Waals surface area (Å²) in [6.45, 7) is 0.319. The number of nitrogens with one attached hydrogen (secondary N) is 1. The van der Waals surface area contributed by atoms with E-state index >= 15 is 0 Å². The number of nitro groups is 1. The summed E-state index contributed by atoms with van der Waals surface area (Å²) in [5, 5.41) is 14.2. The summed E-state index contributed by atoms with van der Waals surface area (Å²) in [7, 11) is 0. The second-order valence-electron chi connectivity index (χ2n) is 4.23. The third-order valence-electron chi connectivity index (χ3n) is 2.77. The van der Waals surface area contributed by atoms with Gasteiger partial charge in [-0.2, -0.15) is 0 Å². The van der Waals surface area contributed by atoms with E-state index in [1.54, 1.807) is 24.3 Å². The van der Waals surface area contributed by atoms with Crippen LogP contribution in [0.4, 0.5) is 5.69 Å². The van der Waals surface area contributed by atoms with Crippen molar-refractivity contribution in [3.05, 3.63) is 73.2 Å². The summed E-state index contributed by atoms with van der Waals surface area (Å²) < 4.78 is 0.335. The molecule has 0 spiro atoms. The molecule has 0 unspecified atom stereocenters. The molecular weight excluding hydrogens is 360 g/mol. The standard InChI is InChI=1S/C14H10BrClN2O3/c15-12-6-3-10(7-13(12)18(20)21)14(19)17-8-9-1-4-11(16)5-2-9/h1-7H,8H2,(H,17,19). The first-order valence-electron chi connectivity index (χ1n) is 5.94. The molecule has 0 saturated carbocycles. The molecule has 1 amide bonds. The van der Waals surface area contributed by atoms with Gasteiger partial charge < -0.3 is 5.32 Å². The third kappa shape index (κ3) is 4.03. The molecule has 0 atom stereocenters. The van der Waals surface area contributed by atoms with E-state index < -0.39 is 4.92 Å². The molecule has 0 radical (unpaired) electrons. The van der Waals surface area contributed by atoms with E-state index in [9.17, 15) is 14.9 Å². The Hall–Kier alpha value is -1.92. The van der Waals surface area contributed by atoms with Crippen molar-refractivity contribution in [1.82, 2.24) is 5.32 Å². The van der Waals surface area contributed by atoms with Crippen LogP contribution in [0.15, 0.2) is 46.9 Å². The van der Waals surface area contributed by atoms with Crippen molar-refractivity contribution in [3.8, 4) is 0 Å². The predicted molar refractivity (Wildman–Crippen MR) is 83.4 cm³/mol. The highest BCUT2D eigenvalue weighted by molar-refractivity contribution is 9.10. The van der Waals surface area contributed by atoms with Crippen molar-refractivity contribution >= 4 is 39.1 Å². The number of rotatable bonds is 4. The number of carbonyl (C=O) groups excluding carboxylic acids is 1. The van der Waals surface area contributed by atoms with Crippen LogP contribution >= 0.6 is 27.5 Å². The molecule has 5 nitrogen and oxygen atoms in total. The van der Waals surface area contributed by atoms with E-state index in [0.717, 1.165) is 5.56 Å². The van der Waals surface area contributed by atoms with Gasteiger partial charge >= 0.3 is 0 Å². The Morgan fingerprint density at radius 2 is 1.90 bits per heavy atom. The average Bonchev–Trinajstić information content (AvgIpc) is 2.46. The van der Waals surface area contributed by atoms with Gasteiger partial charge in [0.2, 0.25) is 0 Å². The first kappa shape index (κ1) is 15.5. The van der Waals surface area contributed by atoms with Gasteiger partial charge in [0, 0.05) is 23.2 Å². The largest absolute Gasteiger partial charge is 0.348 e. The quantitative estimate of drug-likeness (QED) is 0.655. The molecule has 0 fully saturated rings. The zero-order valence-corrected chi connectivity index (χ0v) is 13.0. The lowest BCUT2D eigenvalue weighted by molar-refractivity contribution is -0.385. The first-order valence-corrected chi connectivity index (χ1v) is 7.11. The lowest BCUT2D eigenvalue weighted by Crippen LogP contribution is -2.22. The molecule has 0 aliphatic carbocycles. The van der Waals surface area contributed by atoms with Crippen LogP contribution in [0.1, 0.15) is 15.9 Å². The lowest BCUT2D eigenvalue weighted by Gasteiger charge is -2.06. The lowest BCUT2D eigenvalue weighted by atomic mass is 10.1. The van der Waals surface area contributed by atoms with Crippen molar-refractivity contribution in [2.45, 2.75) is 6.54 Å². The Bertz CT molecular complexity index is 689. The van der Waals surface area contributed by atoms with Gasteiger partial charge in [-0.15, -0.1) is 0 Å². The monoisotopic (exact) mass is 368 g/mol. The highest BCUT2D eigenvalue weighted by Gasteiger charge is 2.15. The molecule has 0 aliphatic rings. The Labute approximate surface area is 134 Å². The Balaban J connectivity index is 2.08. The molecular formula is C14H10BrClN2O3. The zero-order chi connectivity index (χ0) is 15.4. The van der Waals surface area contributed by atoms with Crippen LogP contribution in [0.2, 0.25) is 5.02 Å². The first-order chi connectivity index (χ1) is 9.97. The summed E-state index contributed by atoms with van der Waals surface area (Å²) >= 11 is 8.85. The fourth-order valence-electron chi connectivity index (χ4n) is 1.68. The Kier molecular flexibility index (Phi) is 4.93. The zero-order valence-electron chi connectivity index (χ0n) is 10.7. The summed E-state index contributed by atoms with van der Waals surface area (Å²) in [5.41, 5.74) is 0.979. The van der Waals surface area contributed by atoms with Gasteiger partial charge in [-0.05, 0) is 45.8 Å². The molecule has 2 aromatic rings. The number of nitrogens with zero attached hydrogens (tertiary/aromatic N) is 1. The van der Waals surface area contributed by atoms with Gasteiger partial charge in [-0.25, -0.2) is 0 Å². The topological polar surface area (TPSA) is 72.2 Å². The normalized spacial score (nSPS) is 10.2. The molecule has 7 heteroatoms. The van der Waals surface area contributed by atoms with Gasteiger partial charge in [-0.3, -0.25) is 14.9 Å². The van der Waals surface area contributed by atoms with E-state index in [-0.39, 0.29) is 17.2 Å². The molecule has 2 aromatic carbocycles. The van der Waals surface area contributed by atoms with E-state index in [2.05, 4.69) is 21.2 Å². The van der Waals surface area contributed by atoms with Gasteiger partial charge in [0.05, 0.1) is 9.40 Å². The number of hydrogen-bond acceptors (Lipinski definition) is 3. The van der Waals surface area contributed by atoms with E-state index in [1.165, 1.54) is 18.2 Å². The van der Waals surface area contributed by atoms with Gasteiger partial charge in [0.1, 0.15) is 0 Å². The SMILES string of the molecule is O=C(NCc1ccc(Cl)cc1)c1ccc(Br)c([N+](=O)[O-])c1. The molecule has 2 rings (SSSR count). The minimum Gasteiger partial charge on any atom is -0.348 e. The molecule has 108 valence electrons. The third-order valence-corrected chi connectivity index (χ3v) is 3.69. The molecule has 21 heavy (non-hydrogen) atoms. The van der Waals surface area contributed by atoms with Crippen LogP contribution in [0.5, 0.6) is 0 Å². The molecule has 0 bridgehead atoms. The number of benzene rings is 2. The van der Waals surface area contributed by atoms with Crippen molar-refractivity contribution in [1.29, 1.82) is 0 Å². The summed E-state index contributed by atoms with van der Waals surface area (Å²) in [4.78, 5) is 22.3. The molecule has 0 heterocycles. The second-order valence-corrected chi connectivity index (χ2v) is 5.52. The van der Waals surface area contributed by atoms with Crippen molar-refractivity contribution in [2.75, 3.05) is 0 Å². The van der Waals surface area contributed by atoms with Gasteiger partial charge in [0.25, 0.3) is 11.6 Å². The summed E-state index contributed by atoms with van der Waals surface area (Å²) in [6, 6.07) is 11.3. The summed E-state index contributed by atoms with van der Waals surface area (Å²) in [6.07, 6.45) is 0. The highest BCUT2D eigenvalue weighted by atomic mass is 79.9. The van der Waals surface area contributed by atoms with Gasteiger partial charge in [0.15, 0.2) is 0 Å². The Morgan fingerprint density at radius 3 is 2.52 bits per heavy atom. The van der Waals surface area contributed by atoms with Crippen molar-refractivity contribution < 1.29 is 9.72 Å². The minimum atomic E-state index is -0.542. The van der Waals surface area contributed by atoms with Crippen LogP contribution in [0, 0.1) is 10.1 Å². The van der Waals surface area contributed by atoms with Crippen molar-refractivity contribution in [2.24, 2.45) is 0 Å². The molecule has 1 N–H and O–H groups in total. The minimum absolute atomic E-state index is 0.144. The van der Waals surface area contributed by atoms with Crippen LogP contribution < -0.4 is 5.32 Å². The fraction of sp³-hybridized carbons (Fsp3) is 0.0714. The molecule has 0 saturated heterocycles. The average molecular weight is 370 g/mol. The Morgan fingerprint density at radius 1 is 1.24 bits per heavy atom. The maximum absolute atomic E-state index is 12.0. The van der Waals surface area contributed by atoms with Crippen LogP contribution in [0.25, 0.3) is 0 Å². The molecule has 0 aliphatic heterocycles. The smallest absolute Gasteiger partial charge is 0.284 e. The predicted octanol–water partition coefficient (Wildman–Crippen LogP) is 3.94. The van der Waals surface area contributed by atoms with E-state index in [4.69, 9.17) is 11.6 Å². The highest BCUT2D eigenvalue weighted by Crippen LogP contribution is 2.25. The maximum Gasteiger partial charge on any atom is 0.284 e. The fourth-order valence-corrected chi connectivity index (χ4v) is 2.20. The molecule has 0 aromatic heterocycles. The maximum atomic E-state index is 12.0.